The molecule has 1 N–H and O–H groups in total. The van der Waals surface area contributed by atoms with Crippen molar-refractivity contribution in [2.24, 2.45) is 0 Å². The molecular weight excluding hydrogens is 337 g/mol. The summed E-state index contributed by atoms with van der Waals surface area (Å²) < 4.78 is 42.3. The molecule has 0 aromatic carbocycles. The highest BCUT2D eigenvalue weighted by molar-refractivity contribution is 5.90. The molecule has 2 rings (SSSR count). The molecular formula is C11H11F3N6O4. The number of carbonyl (C=O) groups excluding carboxylic acids is 1. The molecule has 13 heteroatoms. The number of carbonyl (C=O) groups is 1. The van der Waals surface area contributed by atoms with Crippen molar-refractivity contribution in [3.05, 3.63) is 34.8 Å². The van der Waals surface area contributed by atoms with Gasteiger partial charge in [-0.1, -0.05) is 0 Å². The van der Waals surface area contributed by atoms with E-state index in [4.69, 9.17) is 0 Å². The predicted molar refractivity (Wildman–Crippen MR) is 71.7 cm³/mol. The molecule has 0 atom stereocenters. The summed E-state index contributed by atoms with van der Waals surface area (Å²) >= 11 is 0. The van der Waals surface area contributed by atoms with Crippen LogP contribution in [0.25, 0.3) is 0 Å². The van der Waals surface area contributed by atoms with Gasteiger partial charge in [0.15, 0.2) is 0 Å². The Bertz CT molecular complexity index is 725. The van der Waals surface area contributed by atoms with Gasteiger partial charge in [0.05, 0.1) is 35.4 Å². The standard InChI is InChI=1S/C11H11F3N6O4/c12-11(13,14)6-24-7-19-4-8(3-15-19)16-10(21)5-18-2-1-9(17-18)20(22)23/h1-4H,5-7H2,(H,16,21). The molecule has 130 valence electrons. The van der Waals surface area contributed by atoms with Gasteiger partial charge < -0.3 is 20.2 Å². The van der Waals surface area contributed by atoms with E-state index in [1.807, 2.05) is 0 Å². The molecule has 0 saturated carbocycles. The van der Waals surface area contributed by atoms with Crippen LogP contribution in [0.2, 0.25) is 0 Å². The second-order valence-electron chi connectivity index (χ2n) is 4.54. The second-order valence-corrected chi connectivity index (χ2v) is 4.54. The number of amides is 1. The van der Waals surface area contributed by atoms with Gasteiger partial charge in [-0.2, -0.15) is 23.0 Å². The molecule has 2 heterocycles. The number of ether oxygens (including phenoxy) is 1. The quantitative estimate of drug-likeness (QED) is 0.593. The fourth-order valence-corrected chi connectivity index (χ4v) is 1.64. The molecule has 0 aliphatic carbocycles. The first-order chi connectivity index (χ1) is 11.2. The molecule has 0 fully saturated rings. The lowest BCUT2D eigenvalue weighted by Crippen LogP contribution is -2.19. The number of halogens is 3. The Labute approximate surface area is 132 Å². The highest BCUT2D eigenvalue weighted by Crippen LogP contribution is 2.15. The molecule has 2 aromatic rings. The summed E-state index contributed by atoms with van der Waals surface area (Å²) in [6.07, 6.45) is -0.664. The summed E-state index contributed by atoms with van der Waals surface area (Å²) in [5.41, 5.74) is 0.234. The van der Waals surface area contributed by atoms with E-state index in [9.17, 15) is 28.1 Å². The highest BCUT2D eigenvalue weighted by Gasteiger charge is 2.27. The lowest BCUT2D eigenvalue weighted by molar-refractivity contribution is -0.389. The van der Waals surface area contributed by atoms with Crippen molar-refractivity contribution in [1.82, 2.24) is 19.6 Å². The Kier molecular flexibility index (Phi) is 5.13. The average Bonchev–Trinajstić information content (AvgIpc) is 3.07. The van der Waals surface area contributed by atoms with Crippen molar-refractivity contribution in [3.63, 3.8) is 0 Å². The summed E-state index contributed by atoms with van der Waals surface area (Å²) in [7, 11) is 0. The minimum Gasteiger partial charge on any atom is -0.358 e. The van der Waals surface area contributed by atoms with Crippen LogP contribution in [0.5, 0.6) is 0 Å². The van der Waals surface area contributed by atoms with Crippen LogP contribution in [0.1, 0.15) is 0 Å². The minimum absolute atomic E-state index is 0.234. The fraction of sp³-hybridized carbons (Fsp3) is 0.364. The van der Waals surface area contributed by atoms with Crippen LogP contribution < -0.4 is 5.32 Å². The SMILES string of the molecule is O=C(Cn1ccc([N+](=O)[O-])n1)Nc1cnn(COCC(F)(F)F)c1. The predicted octanol–water partition coefficient (Wildman–Crippen LogP) is 1.16. The molecule has 0 saturated heterocycles. The average molecular weight is 348 g/mol. The minimum atomic E-state index is -4.43. The zero-order valence-corrected chi connectivity index (χ0v) is 11.9. The van der Waals surface area contributed by atoms with E-state index in [1.165, 1.54) is 18.6 Å². The number of alkyl halides is 3. The Hall–Kier alpha value is -2.96. The number of aromatic nitrogens is 4. The Morgan fingerprint density at radius 3 is 2.79 bits per heavy atom. The Morgan fingerprint density at radius 2 is 2.17 bits per heavy atom. The number of hydrogen-bond donors (Lipinski definition) is 1. The molecule has 0 unspecified atom stereocenters. The van der Waals surface area contributed by atoms with E-state index in [2.05, 4.69) is 20.3 Å². The zero-order valence-electron chi connectivity index (χ0n) is 11.9. The van der Waals surface area contributed by atoms with Gasteiger partial charge in [0.25, 0.3) is 0 Å². The molecule has 0 bridgehead atoms. The summed E-state index contributed by atoms with van der Waals surface area (Å²) in [5.74, 6) is -0.929. The fourth-order valence-electron chi connectivity index (χ4n) is 1.64. The maximum absolute atomic E-state index is 11.9. The maximum atomic E-state index is 11.9. The van der Waals surface area contributed by atoms with Crippen LogP contribution in [-0.2, 0) is 22.8 Å². The van der Waals surface area contributed by atoms with Crippen molar-refractivity contribution in [2.45, 2.75) is 19.5 Å². The molecule has 0 spiro atoms. The van der Waals surface area contributed by atoms with Crippen LogP contribution in [-0.4, -0.2) is 43.2 Å². The number of hydrogen-bond acceptors (Lipinski definition) is 6. The van der Waals surface area contributed by atoms with E-state index in [0.717, 1.165) is 15.4 Å². The Balaban J connectivity index is 1.82. The number of anilines is 1. The van der Waals surface area contributed by atoms with Gasteiger partial charge in [0, 0.05) is 0 Å². The van der Waals surface area contributed by atoms with Gasteiger partial charge in [-0.25, -0.2) is 4.68 Å². The molecule has 10 nitrogen and oxygen atoms in total. The van der Waals surface area contributed by atoms with Crippen LogP contribution >= 0.6 is 0 Å². The molecule has 0 aliphatic heterocycles. The van der Waals surface area contributed by atoms with E-state index >= 15 is 0 Å². The van der Waals surface area contributed by atoms with Crippen molar-refractivity contribution in [1.29, 1.82) is 0 Å². The van der Waals surface area contributed by atoms with Crippen molar-refractivity contribution < 1.29 is 27.6 Å². The van der Waals surface area contributed by atoms with Crippen molar-refractivity contribution in [2.75, 3.05) is 11.9 Å². The van der Waals surface area contributed by atoms with Gasteiger partial charge in [0.2, 0.25) is 5.91 Å². The smallest absolute Gasteiger partial charge is 0.358 e. The third kappa shape index (κ3) is 5.35. The molecule has 24 heavy (non-hydrogen) atoms. The van der Waals surface area contributed by atoms with E-state index in [-0.39, 0.29) is 12.2 Å². The summed E-state index contributed by atoms with van der Waals surface area (Å²) in [6.45, 7) is -2.11. The Morgan fingerprint density at radius 1 is 1.42 bits per heavy atom. The van der Waals surface area contributed by atoms with Gasteiger partial charge in [-0.3, -0.25) is 4.79 Å². The van der Waals surface area contributed by atoms with Crippen LogP contribution in [0, 0.1) is 10.1 Å². The third-order valence-electron chi connectivity index (χ3n) is 2.53. The van der Waals surface area contributed by atoms with Gasteiger partial charge >= 0.3 is 12.0 Å². The van der Waals surface area contributed by atoms with Crippen molar-refractivity contribution >= 4 is 17.4 Å². The van der Waals surface area contributed by atoms with Crippen LogP contribution in [0.4, 0.5) is 24.7 Å². The molecule has 2 aromatic heterocycles. The first kappa shape index (κ1) is 17.4. The monoisotopic (exact) mass is 348 g/mol. The highest BCUT2D eigenvalue weighted by atomic mass is 19.4. The van der Waals surface area contributed by atoms with E-state index < -0.39 is 36.2 Å². The second kappa shape index (κ2) is 7.08. The van der Waals surface area contributed by atoms with Crippen LogP contribution in [0.3, 0.4) is 0 Å². The lowest BCUT2D eigenvalue weighted by Gasteiger charge is -2.07. The molecule has 1 amide bonds. The van der Waals surface area contributed by atoms with Crippen LogP contribution in [0.15, 0.2) is 24.7 Å². The lowest BCUT2D eigenvalue weighted by atomic mass is 10.5. The largest absolute Gasteiger partial charge is 0.411 e. The van der Waals surface area contributed by atoms with Crippen molar-refractivity contribution in [3.8, 4) is 0 Å². The van der Waals surface area contributed by atoms with E-state index in [0.29, 0.717) is 0 Å². The number of rotatable bonds is 7. The molecule has 0 aliphatic rings. The van der Waals surface area contributed by atoms with Gasteiger partial charge in [0.1, 0.15) is 19.9 Å². The number of nitro groups is 1. The molecule has 0 radical (unpaired) electrons. The normalized spacial score (nSPS) is 11.5. The summed E-state index contributed by atoms with van der Waals surface area (Å²) in [6, 6.07) is 1.14. The van der Waals surface area contributed by atoms with Gasteiger partial charge in [-0.15, -0.1) is 0 Å². The first-order valence-electron chi connectivity index (χ1n) is 6.37. The van der Waals surface area contributed by atoms with E-state index in [1.54, 1.807) is 0 Å². The third-order valence-corrected chi connectivity index (χ3v) is 2.53. The summed E-state index contributed by atoms with van der Waals surface area (Å²) in [4.78, 5) is 21.5. The zero-order chi connectivity index (χ0) is 17.7. The summed E-state index contributed by atoms with van der Waals surface area (Å²) in [5, 5.41) is 20.2. The maximum Gasteiger partial charge on any atom is 0.411 e. The first-order valence-corrected chi connectivity index (χ1v) is 6.37. The van der Waals surface area contributed by atoms with Gasteiger partial charge in [-0.05, 0) is 4.92 Å². The number of nitrogens with zero attached hydrogens (tertiary/aromatic N) is 5. The number of nitrogens with one attached hydrogen (secondary N) is 1. The topological polar surface area (TPSA) is 117 Å².